The first-order valence-corrected chi connectivity index (χ1v) is 6.30. The molecule has 1 saturated heterocycles. The number of hydrogen-bond acceptors (Lipinski definition) is 4. The molecule has 0 saturated carbocycles. The molecule has 1 heterocycles. The topological polar surface area (TPSA) is 50.8 Å². The molecule has 1 aliphatic heterocycles. The highest BCUT2D eigenvalue weighted by Gasteiger charge is 2.39. The first-order valence-electron chi connectivity index (χ1n) is 6.30. The van der Waals surface area contributed by atoms with E-state index in [-0.39, 0.29) is 5.69 Å². The van der Waals surface area contributed by atoms with Gasteiger partial charge in [-0.1, -0.05) is 0 Å². The summed E-state index contributed by atoms with van der Waals surface area (Å²) in [5.74, 6) is -1.64. The largest absolute Gasteiger partial charge is 0.497 e. The van der Waals surface area contributed by atoms with Crippen LogP contribution in [0.25, 0.3) is 0 Å². The smallest absolute Gasteiger partial charge is 0.471 e. The molecule has 0 atom stereocenters. The van der Waals surface area contributed by atoms with Crippen molar-refractivity contribution in [2.24, 2.45) is 0 Å². The van der Waals surface area contributed by atoms with Gasteiger partial charge in [-0.15, -0.1) is 0 Å². The van der Waals surface area contributed by atoms with E-state index in [2.05, 4.69) is 0 Å². The maximum atomic E-state index is 12.4. The molecule has 0 spiro atoms. The van der Waals surface area contributed by atoms with E-state index in [1.807, 2.05) is 10.2 Å². The number of hydrogen-bond donors (Lipinski definition) is 1. The van der Waals surface area contributed by atoms with Crippen LogP contribution in [0, 0.1) is 0 Å². The molecule has 0 bridgehead atoms. The predicted octanol–water partition coefficient (Wildman–Crippen LogP) is 2.03. The number of alkyl halides is 3. The van der Waals surface area contributed by atoms with Crippen LogP contribution in [-0.4, -0.2) is 45.5 Å². The van der Waals surface area contributed by atoms with Gasteiger partial charge in [-0.25, -0.2) is 0 Å². The van der Waals surface area contributed by atoms with Gasteiger partial charge in [-0.05, 0) is 12.1 Å². The Morgan fingerprint density at radius 1 is 1.33 bits per heavy atom. The van der Waals surface area contributed by atoms with E-state index in [0.717, 1.165) is 0 Å². The minimum Gasteiger partial charge on any atom is -0.497 e. The van der Waals surface area contributed by atoms with E-state index in [9.17, 15) is 18.0 Å². The number of benzene rings is 1. The lowest BCUT2D eigenvalue weighted by Gasteiger charge is -2.30. The minimum atomic E-state index is -4.94. The highest BCUT2D eigenvalue weighted by Crippen LogP contribution is 2.32. The van der Waals surface area contributed by atoms with Crippen LogP contribution in [-0.2, 0) is 9.53 Å². The van der Waals surface area contributed by atoms with Gasteiger partial charge in [0.2, 0.25) is 0 Å². The Kier molecular flexibility index (Phi) is 4.56. The van der Waals surface area contributed by atoms with Gasteiger partial charge < -0.3 is 19.7 Å². The van der Waals surface area contributed by atoms with Gasteiger partial charge >= 0.3 is 12.1 Å². The number of morpholine rings is 1. The van der Waals surface area contributed by atoms with E-state index < -0.39 is 12.1 Å². The van der Waals surface area contributed by atoms with E-state index in [1.54, 1.807) is 12.1 Å². The van der Waals surface area contributed by atoms with E-state index in [4.69, 9.17) is 9.47 Å². The Labute approximate surface area is 119 Å². The Bertz CT molecular complexity index is 514. The average molecular weight is 304 g/mol. The number of anilines is 2. The van der Waals surface area contributed by atoms with Crippen LogP contribution in [0.1, 0.15) is 0 Å². The van der Waals surface area contributed by atoms with Crippen molar-refractivity contribution in [3.05, 3.63) is 18.2 Å². The standard InChI is InChI=1S/C13H15F3N2O3/c1-20-9-2-3-11(18-4-6-21-7-5-18)10(8-9)17-12(19)13(14,15)16/h2-3,8H,4-7H2,1H3,(H,17,19). The zero-order chi connectivity index (χ0) is 15.5. The third kappa shape index (κ3) is 3.78. The molecule has 2 rings (SSSR count). The molecule has 1 aliphatic rings. The van der Waals surface area contributed by atoms with Gasteiger partial charge in [0.05, 0.1) is 31.7 Å². The summed E-state index contributed by atoms with van der Waals surface area (Å²) in [5, 5.41) is 1.90. The Morgan fingerprint density at radius 2 is 2.00 bits per heavy atom. The monoisotopic (exact) mass is 304 g/mol. The maximum absolute atomic E-state index is 12.4. The molecule has 0 aliphatic carbocycles. The quantitative estimate of drug-likeness (QED) is 0.928. The number of carbonyl (C=O) groups is 1. The fraction of sp³-hybridized carbons (Fsp3) is 0.462. The van der Waals surface area contributed by atoms with Crippen molar-refractivity contribution >= 4 is 17.3 Å². The van der Waals surface area contributed by atoms with Gasteiger partial charge in [-0.3, -0.25) is 4.79 Å². The highest BCUT2D eigenvalue weighted by atomic mass is 19.4. The lowest BCUT2D eigenvalue weighted by Crippen LogP contribution is -2.37. The molecule has 1 aromatic rings. The summed E-state index contributed by atoms with van der Waals surface area (Å²) in [7, 11) is 1.40. The van der Waals surface area contributed by atoms with Crippen molar-refractivity contribution in [1.82, 2.24) is 0 Å². The zero-order valence-electron chi connectivity index (χ0n) is 11.4. The van der Waals surface area contributed by atoms with Crippen molar-refractivity contribution in [3.8, 4) is 5.75 Å². The van der Waals surface area contributed by atoms with Crippen molar-refractivity contribution in [2.45, 2.75) is 6.18 Å². The summed E-state index contributed by atoms with van der Waals surface area (Å²) < 4.78 is 47.4. The van der Waals surface area contributed by atoms with Crippen LogP contribution < -0.4 is 15.0 Å². The van der Waals surface area contributed by atoms with Crippen LogP contribution in [0.3, 0.4) is 0 Å². The van der Waals surface area contributed by atoms with Crippen molar-refractivity contribution in [1.29, 1.82) is 0 Å². The molecular weight excluding hydrogens is 289 g/mol. The van der Waals surface area contributed by atoms with Gasteiger partial charge in [0.25, 0.3) is 0 Å². The molecule has 21 heavy (non-hydrogen) atoms. The number of methoxy groups -OCH3 is 1. The van der Waals surface area contributed by atoms with Crippen LogP contribution >= 0.6 is 0 Å². The molecule has 1 N–H and O–H groups in total. The third-order valence-corrected chi connectivity index (χ3v) is 3.06. The molecule has 1 fully saturated rings. The summed E-state index contributed by atoms with van der Waals surface area (Å²) in [6, 6.07) is 4.62. The van der Waals surface area contributed by atoms with Gasteiger partial charge in [0, 0.05) is 19.2 Å². The first kappa shape index (κ1) is 15.4. The minimum absolute atomic E-state index is 0.0681. The second kappa shape index (κ2) is 6.21. The molecule has 0 radical (unpaired) electrons. The van der Waals surface area contributed by atoms with E-state index in [1.165, 1.54) is 13.2 Å². The van der Waals surface area contributed by atoms with E-state index >= 15 is 0 Å². The molecule has 1 aromatic carbocycles. The number of nitrogens with zero attached hydrogens (tertiary/aromatic N) is 1. The van der Waals surface area contributed by atoms with Crippen LogP contribution in [0.15, 0.2) is 18.2 Å². The number of amides is 1. The normalized spacial score (nSPS) is 15.7. The third-order valence-electron chi connectivity index (χ3n) is 3.06. The van der Waals surface area contributed by atoms with Crippen LogP contribution in [0.5, 0.6) is 5.75 Å². The zero-order valence-corrected chi connectivity index (χ0v) is 11.4. The SMILES string of the molecule is COc1ccc(N2CCOCC2)c(NC(=O)C(F)(F)F)c1. The van der Waals surface area contributed by atoms with Crippen LogP contribution in [0.4, 0.5) is 24.5 Å². The predicted molar refractivity (Wildman–Crippen MR) is 70.7 cm³/mol. The van der Waals surface area contributed by atoms with Gasteiger partial charge in [0.15, 0.2) is 0 Å². The molecule has 1 amide bonds. The molecule has 8 heteroatoms. The highest BCUT2D eigenvalue weighted by molar-refractivity contribution is 5.98. The summed E-state index contributed by atoms with van der Waals surface area (Å²) in [5.41, 5.74) is 0.579. The van der Waals surface area contributed by atoms with Crippen LogP contribution in [0.2, 0.25) is 0 Å². The number of carbonyl (C=O) groups excluding carboxylic acids is 1. The number of halogens is 3. The van der Waals surface area contributed by atoms with E-state index in [0.29, 0.717) is 37.7 Å². The summed E-state index contributed by atoms with van der Waals surface area (Å²) in [4.78, 5) is 13.0. The summed E-state index contributed by atoms with van der Waals surface area (Å²) in [6.45, 7) is 2.06. The molecule has 5 nitrogen and oxygen atoms in total. The lowest BCUT2D eigenvalue weighted by molar-refractivity contribution is -0.167. The summed E-state index contributed by atoms with van der Waals surface area (Å²) in [6.07, 6.45) is -4.94. The Balaban J connectivity index is 2.29. The Morgan fingerprint density at radius 3 is 2.57 bits per heavy atom. The van der Waals surface area contributed by atoms with Crippen molar-refractivity contribution in [2.75, 3.05) is 43.6 Å². The molecular formula is C13H15F3N2O3. The van der Waals surface area contributed by atoms with Gasteiger partial charge in [0.1, 0.15) is 5.75 Å². The van der Waals surface area contributed by atoms with Crippen molar-refractivity contribution in [3.63, 3.8) is 0 Å². The Hall–Kier alpha value is -1.96. The average Bonchev–Trinajstić information content (AvgIpc) is 2.47. The second-order valence-electron chi connectivity index (χ2n) is 4.43. The fourth-order valence-corrected chi connectivity index (χ4v) is 2.02. The number of rotatable bonds is 3. The molecule has 116 valence electrons. The second-order valence-corrected chi connectivity index (χ2v) is 4.43. The fourth-order valence-electron chi connectivity index (χ4n) is 2.02. The number of nitrogens with one attached hydrogen (secondary N) is 1. The maximum Gasteiger partial charge on any atom is 0.471 e. The first-order chi connectivity index (χ1) is 9.91. The van der Waals surface area contributed by atoms with Gasteiger partial charge in [-0.2, -0.15) is 13.2 Å². The van der Waals surface area contributed by atoms with Crippen molar-refractivity contribution < 1.29 is 27.4 Å². The molecule has 0 unspecified atom stereocenters. The summed E-state index contributed by atoms with van der Waals surface area (Å²) >= 11 is 0. The number of ether oxygens (including phenoxy) is 2. The lowest BCUT2D eigenvalue weighted by atomic mass is 10.2. The molecule has 0 aromatic heterocycles.